The molecular formula is C29H28ClF3N2O3S. The molecule has 39 heavy (non-hydrogen) atoms. The summed E-state index contributed by atoms with van der Waals surface area (Å²) in [5.74, 6) is -0.202. The third kappa shape index (κ3) is 5.14. The molecule has 0 radical (unpaired) electrons. The molecule has 206 valence electrons. The molecule has 3 atom stereocenters. The van der Waals surface area contributed by atoms with Gasteiger partial charge in [0.25, 0.3) is 0 Å². The van der Waals surface area contributed by atoms with E-state index in [0.717, 1.165) is 38.7 Å². The van der Waals surface area contributed by atoms with E-state index in [4.69, 9.17) is 11.6 Å². The van der Waals surface area contributed by atoms with Crippen LogP contribution in [-0.2, 0) is 16.2 Å². The minimum atomic E-state index is -4.81. The summed E-state index contributed by atoms with van der Waals surface area (Å²) < 4.78 is 69.3. The van der Waals surface area contributed by atoms with Gasteiger partial charge in [0.05, 0.1) is 17.1 Å². The first-order chi connectivity index (χ1) is 18.5. The maximum atomic E-state index is 13.7. The van der Waals surface area contributed by atoms with E-state index in [9.17, 15) is 26.7 Å². The summed E-state index contributed by atoms with van der Waals surface area (Å²) in [6, 6.07) is 17.3. The smallest absolute Gasteiger partial charge is 0.395 e. The minimum Gasteiger partial charge on any atom is -0.395 e. The zero-order valence-corrected chi connectivity index (χ0v) is 22.7. The molecule has 10 heteroatoms. The number of nitrogens with zero attached hydrogens (tertiary/aromatic N) is 2. The molecule has 0 bridgehead atoms. The van der Waals surface area contributed by atoms with Crippen molar-refractivity contribution in [2.24, 2.45) is 0 Å². The Hall–Kier alpha value is -2.69. The van der Waals surface area contributed by atoms with Crippen LogP contribution in [0.1, 0.15) is 22.6 Å². The van der Waals surface area contributed by atoms with E-state index >= 15 is 0 Å². The van der Waals surface area contributed by atoms with Crippen LogP contribution in [0.3, 0.4) is 0 Å². The van der Waals surface area contributed by atoms with Crippen LogP contribution in [0.5, 0.6) is 0 Å². The Labute approximate surface area is 231 Å². The fourth-order valence-corrected chi connectivity index (χ4v) is 7.50. The molecule has 5 rings (SSSR count). The Morgan fingerprint density at radius 2 is 1.67 bits per heavy atom. The van der Waals surface area contributed by atoms with Crippen molar-refractivity contribution in [1.29, 1.82) is 0 Å². The summed E-state index contributed by atoms with van der Waals surface area (Å²) in [6.45, 7) is 2.29. The third-order valence-corrected chi connectivity index (χ3v) is 10.0. The van der Waals surface area contributed by atoms with Gasteiger partial charge in [-0.3, -0.25) is 4.90 Å². The van der Waals surface area contributed by atoms with E-state index in [1.165, 1.54) is 12.1 Å². The second-order valence-electron chi connectivity index (χ2n) is 9.86. The number of rotatable bonds is 5. The molecule has 0 saturated carbocycles. The second kappa shape index (κ2) is 10.7. The van der Waals surface area contributed by atoms with Gasteiger partial charge >= 0.3 is 6.18 Å². The lowest BCUT2D eigenvalue weighted by Crippen LogP contribution is -2.67. The lowest BCUT2D eigenvalue weighted by molar-refractivity contribution is -0.139. The SMILES string of the molecule is Cc1c(Cl)cccc1-c1ccc(C2C(CO)N3C/C=C\CN(S(=O)(=O)c4ccccc4C(F)(F)F)C[C@@H]23)cc1. The first-order valence-electron chi connectivity index (χ1n) is 12.6. The molecular weight excluding hydrogens is 549 g/mol. The van der Waals surface area contributed by atoms with E-state index in [1.807, 2.05) is 54.3 Å². The number of benzene rings is 3. The highest BCUT2D eigenvalue weighted by molar-refractivity contribution is 7.89. The first kappa shape index (κ1) is 27.9. The van der Waals surface area contributed by atoms with Crippen molar-refractivity contribution in [1.82, 2.24) is 9.21 Å². The Bertz CT molecular complexity index is 1490. The third-order valence-electron chi connectivity index (χ3n) is 7.74. The van der Waals surface area contributed by atoms with E-state index in [-0.39, 0.29) is 37.7 Å². The Morgan fingerprint density at radius 1 is 0.974 bits per heavy atom. The Balaban J connectivity index is 1.47. The number of halogens is 4. The van der Waals surface area contributed by atoms with Gasteiger partial charge in [-0.2, -0.15) is 17.5 Å². The predicted octanol–water partition coefficient (Wildman–Crippen LogP) is 5.72. The van der Waals surface area contributed by atoms with Gasteiger partial charge in [-0.1, -0.05) is 72.3 Å². The largest absolute Gasteiger partial charge is 0.417 e. The fourth-order valence-electron chi connectivity index (χ4n) is 5.70. The highest BCUT2D eigenvalue weighted by Gasteiger charge is 2.50. The Kier molecular flexibility index (Phi) is 7.65. The predicted molar refractivity (Wildman–Crippen MR) is 145 cm³/mol. The number of aliphatic hydroxyl groups excluding tert-OH is 1. The fraction of sp³-hybridized carbons (Fsp3) is 0.310. The van der Waals surface area contributed by atoms with Crippen LogP contribution in [0.2, 0.25) is 5.02 Å². The maximum Gasteiger partial charge on any atom is 0.417 e. The normalized spacial score (nSPS) is 23.4. The monoisotopic (exact) mass is 576 g/mol. The van der Waals surface area contributed by atoms with Gasteiger partial charge in [-0.15, -0.1) is 0 Å². The van der Waals surface area contributed by atoms with E-state index in [0.29, 0.717) is 11.6 Å². The van der Waals surface area contributed by atoms with Gasteiger partial charge in [-0.05, 0) is 47.4 Å². The van der Waals surface area contributed by atoms with Gasteiger partial charge < -0.3 is 5.11 Å². The molecule has 2 heterocycles. The molecule has 0 spiro atoms. The number of alkyl halides is 3. The van der Waals surface area contributed by atoms with Crippen LogP contribution in [0.25, 0.3) is 11.1 Å². The average Bonchev–Trinajstić information content (AvgIpc) is 2.89. The second-order valence-corrected chi connectivity index (χ2v) is 12.2. The number of fused-ring (bicyclic) bond motifs is 1. The lowest BCUT2D eigenvalue weighted by Gasteiger charge is -2.56. The van der Waals surface area contributed by atoms with Crippen molar-refractivity contribution in [3.05, 3.63) is 101 Å². The van der Waals surface area contributed by atoms with Crippen LogP contribution in [0, 0.1) is 6.92 Å². The number of hydrogen-bond donors (Lipinski definition) is 1. The van der Waals surface area contributed by atoms with Crippen molar-refractivity contribution in [3.8, 4) is 11.1 Å². The van der Waals surface area contributed by atoms with Gasteiger partial charge in [0.1, 0.15) is 0 Å². The van der Waals surface area contributed by atoms with Crippen molar-refractivity contribution in [3.63, 3.8) is 0 Å². The zero-order chi connectivity index (χ0) is 27.9. The molecule has 0 aliphatic carbocycles. The highest BCUT2D eigenvalue weighted by atomic mass is 35.5. The molecule has 1 fully saturated rings. The summed E-state index contributed by atoms with van der Waals surface area (Å²) in [7, 11) is -4.46. The maximum absolute atomic E-state index is 13.7. The van der Waals surface area contributed by atoms with Crippen molar-refractivity contribution in [2.45, 2.75) is 36.0 Å². The van der Waals surface area contributed by atoms with Crippen LogP contribution < -0.4 is 0 Å². The van der Waals surface area contributed by atoms with Crippen molar-refractivity contribution < 1.29 is 26.7 Å². The topological polar surface area (TPSA) is 60.9 Å². The molecule has 0 aromatic heterocycles. The molecule has 1 saturated heterocycles. The number of sulfonamides is 1. The quantitative estimate of drug-likeness (QED) is 0.395. The van der Waals surface area contributed by atoms with Crippen LogP contribution in [-0.4, -0.2) is 61.1 Å². The van der Waals surface area contributed by atoms with Gasteiger partial charge in [-0.25, -0.2) is 8.42 Å². The molecule has 1 N–H and O–H groups in total. The van der Waals surface area contributed by atoms with Gasteiger partial charge in [0.15, 0.2) is 0 Å². The van der Waals surface area contributed by atoms with Crippen LogP contribution in [0.4, 0.5) is 13.2 Å². The van der Waals surface area contributed by atoms with Crippen molar-refractivity contribution >= 4 is 21.6 Å². The Morgan fingerprint density at radius 3 is 2.36 bits per heavy atom. The highest BCUT2D eigenvalue weighted by Crippen LogP contribution is 2.43. The van der Waals surface area contributed by atoms with E-state index < -0.39 is 26.7 Å². The summed E-state index contributed by atoms with van der Waals surface area (Å²) in [5.41, 5.74) is 2.68. The molecule has 3 aromatic rings. The molecule has 5 nitrogen and oxygen atoms in total. The summed E-state index contributed by atoms with van der Waals surface area (Å²) >= 11 is 6.29. The molecule has 3 aromatic carbocycles. The van der Waals surface area contributed by atoms with E-state index in [2.05, 4.69) is 0 Å². The molecule has 2 aliphatic heterocycles. The van der Waals surface area contributed by atoms with E-state index in [1.54, 1.807) is 12.2 Å². The minimum absolute atomic E-state index is 0.00478. The number of aliphatic hydroxyl groups is 1. The van der Waals surface area contributed by atoms with Crippen LogP contribution in [0.15, 0.2) is 83.8 Å². The summed E-state index contributed by atoms with van der Waals surface area (Å²) in [5, 5.41) is 10.9. The van der Waals surface area contributed by atoms with Crippen molar-refractivity contribution in [2.75, 3.05) is 26.2 Å². The summed E-state index contributed by atoms with van der Waals surface area (Å²) in [6.07, 6.45) is -1.36. The molecule has 0 amide bonds. The first-order valence-corrected chi connectivity index (χ1v) is 14.4. The van der Waals surface area contributed by atoms with Crippen LogP contribution >= 0.6 is 11.6 Å². The summed E-state index contributed by atoms with van der Waals surface area (Å²) in [4.78, 5) is 1.25. The number of hydrogen-bond acceptors (Lipinski definition) is 4. The lowest BCUT2D eigenvalue weighted by atomic mass is 9.74. The van der Waals surface area contributed by atoms with Gasteiger partial charge in [0, 0.05) is 42.7 Å². The molecule has 2 aliphatic rings. The zero-order valence-electron chi connectivity index (χ0n) is 21.1. The van der Waals surface area contributed by atoms with Gasteiger partial charge in [0.2, 0.25) is 10.0 Å². The standard InChI is InChI=1S/C29H28ClF3N2O3S/c1-19-22(7-6-9-24(19)30)20-11-13-21(14-12-20)28-25-17-34(15-4-5-16-35(25)26(28)18-36)39(37,38)27-10-3-2-8-23(27)29(31,32)33/h2-14,25-26,28,36H,15-18H2,1H3/b5-4-/t25-,26?,28?/m0/s1. The average molecular weight is 577 g/mol. The molecule has 2 unspecified atom stereocenters.